The van der Waals surface area contributed by atoms with Gasteiger partial charge >= 0.3 is 48.9 Å². The van der Waals surface area contributed by atoms with E-state index in [1.54, 1.807) is 6.92 Å². The van der Waals surface area contributed by atoms with Crippen molar-refractivity contribution >= 4 is 48.9 Å². The van der Waals surface area contributed by atoms with Crippen LogP contribution in [-0.4, -0.2) is 62.6 Å². The van der Waals surface area contributed by atoms with Crippen LogP contribution in [0.2, 0.25) is 0 Å². The molecule has 0 unspecified atom stereocenters. The zero-order valence-corrected chi connectivity index (χ0v) is 8.67. The fourth-order valence-corrected chi connectivity index (χ4v) is 0. The Labute approximate surface area is 78.6 Å². The van der Waals surface area contributed by atoms with Crippen LogP contribution in [0.1, 0.15) is 6.92 Å². The summed E-state index contributed by atoms with van der Waals surface area (Å²) in [5.74, 6) is 0. The zero-order chi connectivity index (χ0) is 4.71. The summed E-state index contributed by atoms with van der Waals surface area (Å²) in [6.07, 6.45) is 0. The van der Waals surface area contributed by atoms with E-state index in [0.717, 1.165) is 7.11 Å². The van der Waals surface area contributed by atoms with E-state index in [2.05, 4.69) is 0 Å². The minimum Gasteiger partial charge on any atom is -0.857 e. The van der Waals surface area contributed by atoms with Crippen molar-refractivity contribution < 1.29 is 10.2 Å². The maximum atomic E-state index is 8.93. The van der Waals surface area contributed by atoms with Crippen LogP contribution in [0.4, 0.5) is 0 Å². The van der Waals surface area contributed by atoms with Gasteiger partial charge < -0.3 is 10.2 Å². The zero-order valence-electron chi connectivity index (χ0n) is 4.23. The third-order valence-corrected chi connectivity index (χ3v) is 0. The van der Waals surface area contributed by atoms with Gasteiger partial charge in [-0.15, -0.1) is 6.61 Å². The average Bonchev–Trinajstić information content (AvgIpc) is 1.46. The van der Waals surface area contributed by atoms with Crippen molar-refractivity contribution in [2.45, 2.75) is 6.92 Å². The Morgan fingerprint density at radius 1 is 1.33 bits per heavy atom. The molecule has 0 rings (SSSR count). The van der Waals surface area contributed by atoms with Gasteiger partial charge in [0.15, 0.2) is 0 Å². The van der Waals surface area contributed by atoms with Crippen molar-refractivity contribution in [2.75, 3.05) is 13.7 Å². The Bertz CT molecular complexity index is 8.75. The number of hydrogen-bond donors (Lipinski definition) is 0. The third kappa shape index (κ3) is 49.8. The van der Waals surface area contributed by atoms with Crippen LogP contribution < -0.4 is 10.2 Å². The summed E-state index contributed by atoms with van der Waals surface area (Å²) in [5, 5.41) is 17.2. The Balaban J connectivity index is -0.0000000275. The first-order chi connectivity index (χ1) is 2.41. The molecule has 0 aromatic heterocycles. The summed E-state index contributed by atoms with van der Waals surface area (Å²) in [5.41, 5.74) is 0. The SMILES string of the molecule is CC[O-].C[O-].[Ba+2]. The molecular weight excluding hydrogens is 205 g/mol. The fraction of sp³-hybridized carbons (Fsp3) is 1.00. The molecule has 0 heterocycles. The minimum absolute atomic E-state index is 0. The molecule has 3 heteroatoms. The summed E-state index contributed by atoms with van der Waals surface area (Å²) in [6, 6.07) is 0. The largest absolute Gasteiger partial charge is 2.00 e. The van der Waals surface area contributed by atoms with E-state index in [-0.39, 0.29) is 55.5 Å². The summed E-state index contributed by atoms with van der Waals surface area (Å²) in [4.78, 5) is 0. The summed E-state index contributed by atoms with van der Waals surface area (Å²) >= 11 is 0. The van der Waals surface area contributed by atoms with Crippen LogP contribution in [0.5, 0.6) is 0 Å². The van der Waals surface area contributed by atoms with Crippen molar-refractivity contribution in [1.29, 1.82) is 0 Å². The second kappa shape index (κ2) is 31.5. The van der Waals surface area contributed by atoms with E-state index < -0.39 is 0 Å². The molecule has 6 heavy (non-hydrogen) atoms. The molecule has 0 saturated heterocycles. The van der Waals surface area contributed by atoms with Crippen LogP contribution in [0.15, 0.2) is 0 Å². The predicted molar refractivity (Wildman–Crippen MR) is 22.2 cm³/mol. The second-order valence-corrected chi connectivity index (χ2v) is 0.289. The second-order valence-electron chi connectivity index (χ2n) is 0.289. The van der Waals surface area contributed by atoms with Crippen molar-refractivity contribution in [1.82, 2.24) is 0 Å². The molecular formula is C3H8BaO2. The summed E-state index contributed by atoms with van der Waals surface area (Å²) in [7, 11) is 0.750. The van der Waals surface area contributed by atoms with Crippen LogP contribution in [0.3, 0.4) is 0 Å². The molecule has 0 atom stereocenters. The Morgan fingerprint density at radius 3 is 1.33 bits per heavy atom. The van der Waals surface area contributed by atoms with Crippen molar-refractivity contribution in [3.63, 3.8) is 0 Å². The molecule has 0 bridgehead atoms. The van der Waals surface area contributed by atoms with E-state index in [1.165, 1.54) is 0 Å². The molecule has 0 aromatic rings. The minimum atomic E-state index is 0. The molecule has 0 aromatic carbocycles. The van der Waals surface area contributed by atoms with Gasteiger partial charge in [-0.2, -0.15) is 7.11 Å². The maximum Gasteiger partial charge on any atom is 2.00 e. The van der Waals surface area contributed by atoms with E-state index >= 15 is 0 Å². The molecule has 0 aliphatic heterocycles. The van der Waals surface area contributed by atoms with Gasteiger partial charge in [-0.05, 0) is 0 Å². The Kier molecular flexibility index (Phi) is 82.3. The Hall–Kier alpha value is 1.49. The topological polar surface area (TPSA) is 46.1 Å². The van der Waals surface area contributed by atoms with E-state index in [1.807, 2.05) is 0 Å². The monoisotopic (exact) mass is 214 g/mol. The molecule has 0 radical (unpaired) electrons. The van der Waals surface area contributed by atoms with Crippen LogP contribution in [-0.2, 0) is 0 Å². The quantitative estimate of drug-likeness (QED) is 0.435. The Morgan fingerprint density at radius 2 is 1.33 bits per heavy atom. The normalized spacial score (nSPS) is 4.00. The fourth-order valence-electron chi connectivity index (χ4n) is 0. The molecule has 2 nitrogen and oxygen atoms in total. The third-order valence-electron chi connectivity index (χ3n) is 0. The average molecular weight is 213 g/mol. The standard InChI is InChI=1S/C2H5O.CH3O.Ba/c1-2-3;1-2;/h2H2,1H3;1H3;/q2*-1;+2. The summed E-state index contributed by atoms with van der Waals surface area (Å²) < 4.78 is 0. The molecule has 0 aliphatic carbocycles. The molecule has 0 N–H and O–H groups in total. The van der Waals surface area contributed by atoms with Crippen molar-refractivity contribution in [2.24, 2.45) is 0 Å². The van der Waals surface area contributed by atoms with Gasteiger partial charge in [0.2, 0.25) is 0 Å². The first kappa shape index (κ1) is 15.6. The number of hydrogen-bond acceptors (Lipinski definition) is 2. The van der Waals surface area contributed by atoms with Crippen LogP contribution in [0, 0.1) is 0 Å². The predicted octanol–water partition coefficient (Wildman–Crippen LogP) is -2.04. The van der Waals surface area contributed by atoms with Gasteiger partial charge in [-0.1, -0.05) is 6.92 Å². The first-order valence-corrected chi connectivity index (χ1v) is 1.40. The van der Waals surface area contributed by atoms with Crippen molar-refractivity contribution in [3.8, 4) is 0 Å². The van der Waals surface area contributed by atoms with E-state index in [4.69, 9.17) is 10.2 Å². The van der Waals surface area contributed by atoms with Gasteiger partial charge in [0.1, 0.15) is 0 Å². The van der Waals surface area contributed by atoms with Gasteiger partial charge in [0.05, 0.1) is 0 Å². The van der Waals surface area contributed by atoms with E-state index in [9.17, 15) is 0 Å². The summed E-state index contributed by atoms with van der Waals surface area (Å²) in [6.45, 7) is 1.57. The van der Waals surface area contributed by atoms with Crippen molar-refractivity contribution in [3.05, 3.63) is 0 Å². The van der Waals surface area contributed by atoms with Crippen LogP contribution >= 0.6 is 0 Å². The molecule has 0 fully saturated rings. The van der Waals surface area contributed by atoms with Gasteiger partial charge in [0, 0.05) is 0 Å². The molecule has 0 amide bonds. The van der Waals surface area contributed by atoms with Gasteiger partial charge in [0.25, 0.3) is 0 Å². The number of rotatable bonds is 0. The smallest absolute Gasteiger partial charge is 0.857 e. The van der Waals surface area contributed by atoms with Gasteiger partial charge in [-0.25, -0.2) is 0 Å². The molecule has 0 spiro atoms. The molecule has 34 valence electrons. The maximum absolute atomic E-state index is 8.93. The van der Waals surface area contributed by atoms with Crippen LogP contribution in [0.25, 0.3) is 0 Å². The first-order valence-electron chi connectivity index (χ1n) is 1.40. The van der Waals surface area contributed by atoms with E-state index in [0.29, 0.717) is 0 Å². The molecule has 0 aliphatic rings. The van der Waals surface area contributed by atoms with Gasteiger partial charge in [-0.3, -0.25) is 0 Å². The molecule has 0 saturated carbocycles.